The second kappa shape index (κ2) is 8.30. The topological polar surface area (TPSA) is 119 Å². The van der Waals surface area contributed by atoms with Crippen molar-refractivity contribution < 1.29 is 14.1 Å². The van der Waals surface area contributed by atoms with E-state index in [0.717, 1.165) is 22.4 Å². The largest absolute Gasteiger partial charge is 0.332 e. The Bertz CT molecular complexity index is 1340. The van der Waals surface area contributed by atoms with Crippen LogP contribution in [-0.2, 0) is 11.3 Å². The first-order valence-electron chi connectivity index (χ1n) is 10.5. The number of hydrogen-bond donors (Lipinski definition) is 1. The number of hydrogen-bond acceptors (Lipinski definition) is 7. The van der Waals surface area contributed by atoms with E-state index in [2.05, 4.69) is 25.8 Å². The van der Waals surface area contributed by atoms with Crippen LogP contribution in [0, 0.1) is 13.8 Å². The normalized spacial score (nSPS) is 13.2. The van der Waals surface area contributed by atoms with Crippen LogP contribution < -0.4 is 5.32 Å². The van der Waals surface area contributed by atoms with E-state index >= 15 is 0 Å². The first-order valence-corrected chi connectivity index (χ1v) is 10.5. The second-order valence-corrected chi connectivity index (χ2v) is 7.82. The van der Waals surface area contributed by atoms with Gasteiger partial charge in [0, 0.05) is 17.8 Å². The van der Waals surface area contributed by atoms with E-state index in [1.165, 1.54) is 9.58 Å². The monoisotopic (exact) mass is 443 g/mol. The quantitative estimate of drug-likeness (QED) is 0.504. The summed E-state index contributed by atoms with van der Waals surface area (Å²) in [6.45, 7) is 4.59. The summed E-state index contributed by atoms with van der Waals surface area (Å²) in [5, 5.41) is 15.0. The highest BCUT2D eigenvalue weighted by atomic mass is 16.5. The minimum absolute atomic E-state index is 0.0874. The van der Waals surface area contributed by atoms with E-state index in [0.29, 0.717) is 18.9 Å². The minimum atomic E-state index is -0.364. The van der Waals surface area contributed by atoms with Crippen molar-refractivity contribution in [2.75, 3.05) is 18.4 Å². The molecule has 0 unspecified atom stereocenters. The van der Waals surface area contributed by atoms with Crippen LogP contribution in [0.25, 0.3) is 23.0 Å². The van der Waals surface area contributed by atoms with Gasteiger partial charge in [0.15, 0.2) is 11.4 Å². The average Bonchev–Trinajstić information content (AvgIpc) is 3.47. The third-order valence-electron chi connectivity index (χ3n) is 5.68. The van der Waals surface area contributed by atoms with Crippen LogP contribution in [0.1, 0.15) is 21.6 Å². The Labute approximate surface area is 189 Å². The van der Waals surface area contributed by atoms with Gasteiger partial charge in [0.1, 0.15) is 6.54 Å². The van der Waals surface area contributed by atoms with Gasteiger partial charge in [-0.15, -0.1) is 5.10 Å². The summed E-state index contributed by atoms with van der Waals surface area (Å²) >= 11 is 0. The number of carbonyl (C=O) groups excluding carboxylic acids is 2. The maximum Gasteiger partial charge on any atom is 0.281 e. The first kappa shape index (κ1) is 20.6. The van der Waals surface area contributed by atoms with Crippen molar-refractivity contribution >= 4 is 17.5 Å². The minimum Gasteiger partial charge on any atom is -0.332 e. The predicted octanol–water partition coefficient (Wildman–Crippen LogP) is 2.71. The molecular weight excluding hydrogens is 422 g/mol. The van der Waals surface area contributed by atoms with Crippen molar-refractivity contribution in [3.05, 3.63) is 65.4 Å². The van der Waals surface area contributed by atoms with Gasteiger partial charge in [0.05, 0.1) is 6.54 Å². The van der Waals surface area contributed by atoms with Crippen LogP contribution >= 0.6 is 0 Å². The molecule has 2 amide bonds. The number of carbonyl (C=O) groups is 2. The lowest BCUT2D eigenvalue weighted by atomic mass is 10.1. The summed E-state index contributed by atoms with van der Waals surface area (Å²) in [5.74, 6) is -0.147. The molecule has 5 rings (SSSR count). The number of amides is 2. The van der Waals surface area contributed by atoms with Gasteiger partial charge in [0.25, 0.3) is 11.8 Å². The summed E-state index contributed by atoms with van der Waals surface area (Å²) in [7, 11) is 0. The number of aryl methyl sites for hydroxylation is 1. The highest BCUT2D eigenvalue weighted by Gasteiger charge is 2.33. The third-order valence-corrected chi connectivity index (χ3v) is 5.68. The number of fused-ring (bicyclic) bond motifs is 1. The number of benzene rings is 2. The molecule has 0 atom stereocenters. The molecule has 0 radical (unpaired) electrons. The lowest BCUT2D eigenvalue weighted by molar-refractivity contribution is -0.117. The summed E-state index contributed by atoms with van der Waals surface area (Å²) in [5.41, 5.74) is 4.01. The van der Waals surface area contributed by atoms with Gasteiger partial charge in [-0.1, -0.05) is 52.8 Å². The fraction of sp³-hybridized carbons (Fsp3) is 0.217. The molecule has 3 heterocycles. The Balaban J connectivity index is 1.35. The van der Waals surface area contributed by atoms with E-state index in [-0.39, 0.29) is 35.6 Å². The molecule has 1 aliphatic rings. The standard InChI is InChI=1S/C23H21N7O3/c1-14-7-6-10-17(15(14)2)24-18(31)13-29-11-12-30-20(23(29)32)19(26-28-30)22-25-21(27-33-22)16-8-4-3-5-9-16/h3-10H,11-13H2,1-2H3,(H,24,31). The Morgan fingerprint density at radius 2 is 1.91 bits per heavy atom. The zero-order valence-electron chi connectivity index (χ0n) is 18.1. The van der Waals surface area contributed by atoms with Gasteiger partial charge >= 0.3 is 0 Å². The maximum absolute atomic E-state index is 13.2. The molecule has 1 N–H and O–H groups in total. The van der Waals surface area contributed by atoms with Gasteiger partial charge in [-0.25, -0.2) is 4.68 Å². The van der Waals surface area contributed by atoms with Crippen LogP contribution in [0.5, 0.6) is 0 Å². The van der Waals surface area contributed by atoms with Crippen molar-refractivity contribution in [1.82, 2.24) is 30.0 Å². The van der Waals surface area contributed by atoms with E-state index in [4.69, 9.17) is 4.52 Å². The zero-order chi connectivity index (χ0) is 22.9. The molecule has 1 aliphatic heterocycles. The van der Waals surface area contributed by atoms with Crippen LogP contribution in [-0.4, -0.2) is 54.9 Å². The second-order valence-electron chi connectivity index (χ2n) is 7.82. The van der Waals surface area contributed by atoms with E-state index in [9.17, 15) is 9.59 Å². The van der Waals surface area contributed by atoms with Crippen molar-refractivity contribution in [2.24, 2.45) is 0 Å². The molecule has 0 saturated carbocycles. The van der Waals surface area contributed by atoms with E-state index < -0.39 is 0 Å². The van der Waals surface area contributed by atoms with E-state index in [1.54, 1.807) is 0 Å². The molecular formula is C23H21N7O3. The fourth-order valence-electron chi connectivity index (χ4n) is 3.72. The van der Waals surface area contributed by atoms with Gasteiger partial charge in [0.2, 0.25) is 11.7 Å². The Morgan fingerprint density at radius 3 is 2.73 bits per heavy atom. The summed E-state index contributed by atoms with van der Waals surface area (Å²) in [6, 6.07) is 15.1. The lowest BCUT2D eigenvalue weighted by Crippen LogP contribution is -2.44. The van der Waals surface area contributed by atoms with Crippen LogP contribution in [0.3, 0.4) is 0 Å². The number of nitrogens with zero attached hydrogens (tertiary/aromatic N) is 6. The number of aromatic nitrogens is 5. The number of nitrogens with one attached hydrogen (secondary N) is 1. The molecule has 33 heavy (non-hydrogen) atoms. The molecule has 2 aromatic carbocycles. The molecule has 0 spiro atoms. The predicted molar refractivity (Wildman–Crippen MR) is 119 cm³/mol. The third kappa shape index (κ3) is 3.86. The SMILES string of the molecule is Cc1cccc(NC(=O)CN2CCn3nnc(-c4nc(-c5ccccc5)no4)c3C2=O)c1C. The maximum atomic E-state index is 13.2. The fourth-order valence-corrected chi connectivity index (χ4v) is 3.72. The molecule has 2 aromatic heterocycles. The summed E-state index contributed by atoms with van der Waals surface area (Å²) in [4.78, 5) is 31.7. The molecule has 0 bridgehead atoms. The van der Waals surface area contributed by atoms with Gasteiger partial charge < -0.3 is 14.7 Å². The van der Waals surface area contributed by atoms with Crippen molar-refractivity contribution in [3.8, 4) is 23.0 Å². The summed E-state index contributed by atoms with van der Waals surface area (Å²) < 4.78 is 6.87. The van der Waals surface area contributed by atoms with Crippen molar-refractivity contribution in [1.29, 1.82) is 0 Å². The average molecular weight is 443 g/mol. The van der Waals surface area contributed by atoms with Crippen molar-refractivity contribution in [3.63, 3.8) is 0 Å². The highest BCUT2D eigenvalue weighted by molar-refractivity contribution is 6.01. The summed E-state index contributed by atoms with van der Waals surface area (Å²) in [6.07, 6.45) is 0. The molecule has 10 nitrogen and oxygen atoms in total. The van der Waals surface area contributed by atoms with Crippen LogP contribution in [0.4, 0.5) is 5.69 Å². The molecule has 4 aromatic rings. The molecule has 0 aliphatic carbocycles. The van der Waals surface area contributed by atoms with Gasteiger partial charge in [-0.2, -0.15) is 4.98 Å². The lowest BCUT2D eigenvalue weighted by Gasteiger charge is -2.26. The Kier molecular flexibility index (Phi) is 5.17. The first-order chi connectivity index (χ1) is 16.0. The molecule has 166 valence electrons. The highest BCUT2D eigenvalue weighted by Crippen LogP contribution is 2.26. The number of anilines is 1. The Hall–Kier alpha value is -4.34. The molecule has 10 heteroatoms. The molecule has 0 saturated heterocycles. The van der Waals surface area contributed by atoms with E-state index in [1.807, 2.05) is 62.4 Å². The Morgan fingerprint density at radius 1 is 1.09 bits per heavy atom. The smallest absolute Gasteiger partial charge is 0.281 e. The van der Waals surface area contributed by atoms with Gasteiger partial charge in [-0.05, 0) is 31.0 Å². The zero-order valence-corrected chi connectivity index (χ0v) is 18.1. The van der Waals surface area contributed by atoms with Crippen molar-refractivity contribution in [2.45, 2.75) is 20.4 Å². The van der Waals surface area contributed by atoms with Crippen LogP contribution in [0.15, 0.2) is 53.1 Å². The van der Waals surface area contributed by atoms with Crippen LogP contribution in [0.2, 0.25) is 0 Å². The number of rotatable bonds is 5. The van der Waals surface area contributed by atoms with Gasteiger partial charge in [-0.3, -0.25) is 9.59 Å². The molecule has 0 fully saturated rings.